The van der Waals surface area contributed by atoms with Crippen LogP contribution in [0.2, 0.25) is 0 Å². The molecule has 2 heterocycles. The lowest BCUT2D eigenvalue weighted by Gasteiger charge is -2.09. The van der Waals surface area contributed by atoms with Crippen LogP contribution in [0.1, 0.15) is 10.4 Å². The first-order valence-electron chi connectivity index (χ1n) is 8.35. The van der Waals surface area contributed by atoms with Gasteiger partial charge in [0.2, 0.25) is 0 Å². The van der Waals surface area contributed by atoms with Crippen molar-refractivity contribution in [2.75, 3.05) is 0 Å². The molecule has 1 N–H and O–H groups in total. The monoisotopic (exact) mass is 399 g/mol. The lowest BCUT2D eigenvalue weighted by molar-refractivity contribution is -0.274. The average Bonchev–Trinajstić information content (AvgIpc) is 3.10. The zero-order chi connectivity index (χ0) is 20.6. The van der Waals surface area contributed by atoms with Gasteiger partial charge < -0.3 is 9.84 Å². The van der Waals surface area contributed by atoms with Crippen molar-refractivity contribution in [1.29, 1.82) is 0 Å². The molecular weight excluding hydrogens is 387 g/mol. The Morgan fingerprint density at radius 2 is 1.48 bits per heavy atom. The first kappa shape index (κ1) is 18.5. The Kier molecular flexibility index (Phi) is 4.42. The first-order valence-corrected chi connectivity index (χ1v) is 8.35. The van der Waals surface area contributed by atoms with Crippen molar-refractivity contribution in [1.82, 2.24) is 14.6 Å². The number of aromatic carboxylic acids is 1. The molecule has 4 rings (SSSR count). The van der Waals surface area contributed by atoms with Crippen LogP contribution in [0.15, 0.2) is 66.9 Å². The minimum atomic E-state index is -4.74. The number of pyridine rings is 1. The Balaban J connectivity index is 1.69. The minimum absolute atomic E-state index is 0.157. The van der Waals surface area contributed by atoms with Gasteiger partial charge in [-0.05, 0) is 47.5 Å². The lowest BCUT2D eigenvalue weighted by atomic mass is 10.1. The van der Waals surface area contributed by atoms with E-state index < -0.39 is 12.3 Å². The number of nitrogens with zero attached hydrogens (tertiary/aromatic N) is 3. The van der Waals surface area contributed by atoms with E-state index in [-0.39, 0.29) is 11.3 Å². The van der Waals surface area contributed by atoms with Crippen LogP contribution < -0.4 is 4.74 Å². The quantitative estimate of drug-likeness (QED) is 0.540. The second kappa shape index (κ2) is 6.93. The number of hydrogen-bond donors (Lipinski definition) is 1. The Morgan fingerprint density at radius 1 is 0.862 bits per heavy atom. The van der Waals surface area contributed by atoms with E-state index in [1.54, 1.807) is 34.9 Å². The van der Waals surface area contributed by atoms with Crippen LogP contribution in [-0.4, -0.2) is 32.0 Å². The van der Waals surface area contributed by atoms with Crippen LogP contribution in [0.5, 0.6) is 5.75 Å². The third-order valence-electron chi connectivity index (χ3n) is 4.21. The number of carboxylic acids is 1. The number of benzene rings is 2. The van der Waals surface area contributed by atoms with E-state index in [0.29, 0.717) is 22.6 Å². The highest BCUT2D eigenvalue weighted by Gasteiger charge is 2.30. The Labute approximate surface area is 161 Å². The first-order chi connectivity index (χ1) is 13.8. The molecule has 146 valence electrons. The van der Waals surface area contributed by atoms with Gasteiger partial charge >= 0.3 is 12.3 Å². The molecule has 0 saturated carbocycles. The van der Waals surface area contributed by atoms with E-state index in [9.17, 15) is 18.0 Å². The molecule has 6 nitrogen and oxygen atoms in total. The largest absolute Gasteiger partial charge is 0.573 e. The maximum atomic E-state index is 12.3. The van der Waals surface area contributed by atoms with Crippen molar-refractivity contribution in [3.05, 3.63) is 72.4 Å². The van der Waals surface area contributed by atoms with Crippen molar-refractivity contribution in [2.24, 2.45) is 0 Å². The molecule has 4 aromatic rings. The van der Waals surface area contributed by atoms with Gasteiger partial charge in [-0.25, -0.2) is 4.79 Å². The molecule has 0 amide bonds. The van der Waals surface area contributed by atoms with E-state index in [0.717, 1.165) is 5.56 Å². The van der Waals surface area contributed by atoms with Gasteiger partial charge in [-0.2, -0.15) is 0 Å². The number of hydrogen-bond acceptors (Lipinski definition) is 4. The maximum Gasteiger partial charge on any atom is 0.573 e. The predicted octanol–water partition coefficient (Wildman–Crippen LogP) is 4.66. The second-order valence-corrected chi connectivity index (χ2v) is 6.12. The highest BCUT2D eigenvalue weighted by Crippen LogP contribution is 2.28. The topological polar surface area (TPSA) is 76.7 Å². The van der Waals surface area contributed by atoms with Gasteiger partial charge in [0.05, 0.1) is 5.56 Å². The molecule has 29 heavy (non-hydrogen) atoms. The molecule has 2 aromatic heterocycles. The Morgan fingerprint density at radius 3 is 2.10 bits per heavy atom. The predicted molar refractivity (Wildman–Crippen MR) is 97.5 cm³/mol. The standard InChI is InChI=1S/C20H12F3N3O3/c21-20(22,23)29-16-8-5-12(6-9-16)15-7-10-17-24-25-18(26(17)11-15)13-1-3-14(4-2-13)19(27)28/h1-11H,(H,27,28). The summed E-state index contributed by atoms with van der Waals surface area (Å²) in [6, 6.07) is 15.3. The van der Waals surface area contributed by atoms with E-state index in [1.807, 2.05) is 0 Å². The van der Waals surface area contributed by atoms with E-state index in [1.165, 1.54) is 36.4 Å². The number of carboxylic acid groups (broad SMARTS) is 1. The summed E-state index contributed by atoms with van der Waals surface area (Å²) in [6.07, 6.45) is -2.98. The molecule has 0 radical (unpaired) electrons. The molecule has 9 heteroatoms. The number of ether oxygens (including phenoxy) is 1. The van der Waals surface area contributed by atoms with Crippen LogP contribution in [-0.2, 0) is 0 Å². The fourth-order valence-electron chi connectivity index (χ4n) is 2.87. The second-order valence-electron chi connectivity index (χ2n) is 6.12. The number of carbonyl (C=O) groups is 1. The third-order valence-corrected chi connectivity index (χ3v) is 4.21. The van der Waals surface area contributed by atoms with Gasteiger partial charge in [-0.3, -0.25) is 4.40 Å². The molecule has 0 fully saturated rings. The number of aromatic nitrogens is 3. The summed E-state index contributed by atoms with van der Waals surface area (Å²) in [5, 5.41) is 17.3. The van der Waals surface area contributed by atoms with Gasteiger partial charge in [0.25, 0.3) is 0 Å². The highest BCUT2D eigenvalue weighted by atomic mass is 19.4. The number of fused-ring (bicyclic) bond motifs is 1. The number of alkyl halides is 3. The molecule has 0 aliphatic heterocycles. The van der Waals surface area contributed by atoms with Crippen molar-refractivity contribution < 1.29 is 27.8 Å². The van der Waals surface area contributed by atoms with E-state index in [2.05, 4.69) is 14.9 Å². The molecule has 2 aromatic carbocycles. The highest BCUT2D eigenvalue weighted by molar-refractivity contribution is 5.88. The minimum Gasteiger partial charge on any atom is -0.478 e. The summed E-state index contributed by atoms with van der Waals surface area (Å²) < 4.78 is 42.5. The smallest absolute Gasteiger partial charge is 0.478 e. The van der Waals surface area contributed by atoms with Crippen molar-refractivity contribution in [2.45, 2.75) is 6.36 Å². The molecule has 0 spiro atoms. The van der Waals surface area contributed by atoms with Crippen LogP contribution >= 0.6 is 0 Å². The van der Waals surface area contributed by atoms with Crippen LogP contribution in [0.4, 0.5) is 13.2 Å². The summed E-state index contributed by atoms with van der Waals surface area (Å²) in [4.78, 5) is 11.0. The number of halogens is 3. The summed E-state index contributed by atoms with van der Waals surface area (Å²) in [7, 11) is 0. The van der Waals surface area contributed by atoms with Crippen LogP contribution in [0, 0.1) is 0 Å². The van der Waals surface area contributed by atoms with Gasteiger partial charge in [-0.1, -0.05) is 24.3 Å². The van der Waals surface area contributed by atoms with Gasteiger partial charge in [0.1, 0.15) is 5.75 Å². The van der Waals surface area contributed by atoms with Crippen LogP contribution in [0.25, 0.3) is 28.2 Å². The SMILES string of the molecule is O=C(O)c1ccc(-c2nnc3ccc(-c4ccc(OC(F)(F)F)cc4)cn23)cc1. The molecule has 0 atom stereocenters. The van der Waals surface area contributed by atoms with Crippen molar-refractivity contribution >= 4 is 11.6 Å². The molecule has 0 aliphatic carbocycles. The summed E-state index contributed by atoms with van der Waals surface area (Å²) in [5.41, 5.74) is 2.82. The Hall–Kier alpha value is -3.88. The third kappa shape index (κ3) is 3.88. The molecule has 0 bridgehead atoms. The summed E-state index contributed by atoms with van der Waals surface area (Å²) in [6.45, 7) is 0. The van der Waals surface area contributed by atoms with Gasteiger partial charge in [-0.15, -0.1) is 23.4 Å². The zero-order valence-electron chi connectivity index (χ0n) is 14.6. The zero-order valence-corrected chi connectivity index (χ0v) is 14.6. The fraction of sp³-hybridized carbons (Fsp3) is 0.0500. The van der Waals surface area contributed by atoms with Crippen molar-refractivity contribution in [3.63, 3.8) is 0 Å². The summed E-state index contributed by atoms with van der Waals surface area (Å²) >= 11 is 0. The average molecular weight is 399 g/mol. The van der Waals surface area contributed by atoms with E-state index in [4.69, 9.17) is 5.11 Å². The normalized spacial score (nSPS) is 11.6. The van der Waals surface area contributed by atoms with Gasteiger partial charge in [0.15, 0.2) is 11.5 Å². The maximum absolute atomic E-state index is 12.3. The molecule has 0 aliphatic rings. The Bertz CT molecular complexity index is 1180. The van der Waals surface area contributed by atoms with Crippen molar-refractivity contribution in [3.8, 4) is 28.3 Å². The lowest BCUT2D eigenvalue weighted by Crippen LogP contribution is -2.16. The van der Waals surface area contributed by atoms with Crippen LogP contribution in [0.3, 0.4) is 0 Å². The van der Waals surface area contributed by atoms with Gasteiger partial charge in [0, 0.05) is 11.8 Å². The molecule has 0 unspecified atom stereocenters. The number of rotatable bonds is 4. The molecular formula is C20H12F3N3O3. The van der Waals surface area contributed by atoms with E-state index >= 15 is 0 Å². The molecule has 0 saturated heterocycles. The fourth-order valence-corrected chi connectivity index (χ4v) is 2.87. The summed E-state index contributed by atoms with van der Waals surface area (Å²) in [5.74, 6) is -0.815.